The maximum absolute atomic E-state index is 10.9. The van der Waals surface area contributed by atoms with Gasteiger partial charge in [0.05, 0.1) is 10.5 Å². The molecule has 3 nitrogen and oxygen atoms in total. The van der Waals surface area contributed by atoms with E-state index in [2.05, 4.69) is 6.07 Å². The van der Waals surface area contributed by atoms with Crippen molar-refractivity contribution in [3.8, 4) is 11.1 Å². The summed E-state index contributed by atoms with van der Waals surface area (Å²) in [6, 6.07) is 14.9. The van der Waals surface area contributed by atoms with Crippen LogP contribution in [-0.4, -0.2) is 4.92 Å². The molecule has 1 radical (unpaired) electrons. The standard InChI is InChI=1S/C12H7ClNO2/c13-11-8-4-7-10(12(11)14(15)16)9-5-2-1-3-6-9/h1-6,8H. The summed E-state index contributed by atoms with van der Waals surface area (Å²) in [5.74, 6) is 0. The van der Waals surface area contributed by atoms with E-state index in [1.54, 1.807) is 18.2 Å². The van der Waals surface area contributed by atoms with E-state index in [9.17, 15) is 10.1 Å². The number of benzene rings is 2. The van der Waals surface area contributed by atoms with Crippen molar-refractivity contribution in [3.05, 3.63) is 63.7 Å². The third kappa shape index (κ3) is 1.90. The predicted molar refractivity (Wildman–Crippen MR) is 62.4 cm³/mol. The number of nitro groups is 1. The highest BCUT2D eigenvalue weighted by molar-refractivity contribution is 6.33. The molecule has 0 saturated carbocycles. The van der Waals surface area contributed by atoms with Gasteiger partial charge in [-0.1, -0.05) is 48.0 Å². The van der Waals surface area contributed by atoms with Crippen LogP contribution in [0.15, 0.2) is 42.5 Å². The summed E-state index contributed by atoms with van der Waals surface area (Å²) in [6.07, 6.45) is 0. The number of nitrogens with zero attached hydrogens (tertiary/aromatic N) is 1. The normalized spacial score (nSPS) is 10.1. The van der Waals surface area contributed by atoms with Gasteiger partial charge in [0.25, 0.3) is 5.69 Å². The first-order chi connectivity index (χ1) is 7.70. The molecule has 16 heavy (non-hydrogen) atoms. The zero-order chi connectivity index (χ0) is 11.5. The molecule has 0 N–H and O–H groups in total. The van der Waals surface area contributed by atoms with Crippen molar-refractivity contribution in [3.63, 3.8) is 0 Å². The molecule has 4 heteroatoms. The van der Waals surface area contributed by atoms with Crippen molar-refractivity contribution in [2.24, 2.45) is 0 Å². The van der Waals surface area contributed by atoms with Gasteiger partial charge in [-0.25, -0.2) is 0 Å². The van der Waals surface area contributed by atoms with Gasteiger partial charge in [-0.05, 0) is 17.7 Å². The largest absolute Gasteiger partial charge is 0.296 e. The minimum Gasteiger partial charge on any atom is -0.258 e. The third-order valence-electron chi connectivity index (χ3n) is 2.17. The Morgan fingerprint density at radius 2 is 1.88 bits per heavy atom. The number of hydrogen-bond acceptors (Lipinski definition) is 2. The molecular weight excluding hydrogens is 226 g/mol. The first-order valence-electron chi connectivity index (χ1n) is 4.60. The van der Waals surface area contributed by atoms with Gasteiger partial charge in [-0.15, -0.1) is 0 Å². The van der Waals surface area contributed by atoms with Crippen LogP contribution >= 0.6 is 11.6 Å². The van der Waals surface area contributed by atoms with Crippen LogP contribution in [-0.2, 0) is 0 Å². The van der Waals surface area contributed by atoms with Gasteiger partial charge in [0.2, 0.25) is 0 Å². The lowest BCUT2D eigenvalue weighted by molar-refractivity contribution is -0.384. The van der Waals surface area contributed by atoms with Crippen molar-refractivity contribution < 1.29 is 4.92 Å². The average Bonchev–Trinajstić information content (AvgIpc) is 2.29. The number of hydrogen-bond donors (Lipinski definition) is 0. The molecule has 0 spiro atoms. The number of halogens is 1. The van der Waals surface area contributed by atoms with Gasteiger partial charge in [-0.2, -0.15) is 0 Å². The van der Waals surface area contributed by atoms with Crippen LogP contribution in [0.3, 0.4) is 0 Å². The molecular formula is C12H7ClNO2. The summed E-state index contributed by atoms with van der Waals surface area (Å²) in [5, 5.41) is 11.0. The zero-order valence-corrected chi connectivity index (χ0v) is 8.94. The second-order valence-corrected chi connectivity index (χ2v) is 3.58. The van der Waals surface area contributed by atoms with Crippen LogP contribution in [0.25, 0.3) is 11.1 Å². The minimum atomic E-state index is -0.485. The molecule has 0 bridgehead atoms. The molecule has 0 heterocycles. The monoisotopic (exact) mass is 232 g/mol. The Morgan fingerprint density at radius 3 is 2.50 bits per heavy atom. The Kier molecular flexibility index (Phi) is 2.88. The van der Waals surface area contributed by atoms with E-state index in [4.69, 9.17) is 11.6 Å². The lowest BCUT2D eigenvalue weighted by Gasteiger charge is -2.03. The number of rotatable bonds is 2. The fourth-order valence-electron chi connectivity index (χ4n) is 1.47. The van der Waals surface area contributed by atoms with Crippen molar-refractivity contribution in [1.29, 1.82) is 0 Å². The summed E-state index contributed by atoms with van der Waals surface area (Å²) in [5.41, 5.74) is 1.05. The van der Waals surface area contributed by atoms with Crippen LogP contribution in [0.2, 0.25) is 5.02 Å². The van der Waals surface area contributed by atoms with Gasteiger partial charge >= 0.3 is 0 Å². The minimum absolute atomic E-state index is 0.102. The van der Waals surface area contributed by atoms with E-state index in [1.807, 2.05) is 18.2 Å². The summed E-state index contributed by atoms with van der Waals surface area (Å²) < 4.78 is 0. The lowest BCUT2D eigenvalue weighted by Crippen LogP contribution is -1.93. The van der Waals surface area contributed by atoms with E-state index >= 15 is 0 Å². The van der Waals surface area contributed by atoms with Crippen molar-refractivity contribution >= 4 is 17.3 Å². The van der Waals surface area contributed by atoms with Crippen LogP contribution in [0.5, 0.6) is 0 Å². The molecule has 79 valence electrons. The van der Waals surface area contributed by atoms with Crippen LogP contribution < -0.4 is 0 Å². The molecule has 2 aromatic rings. The molecule has 0 aliphatic heterocycles. The van der Waals surface area contributed by atoms with Gasteiger partial charge in [0.15, 0.2) is 0 Å². The van der Waals surface area contributed by atoms with E-state index in [0.717, 1.165) is 5.56 Å². The molecule has 0 saturated heterocycles. The molecule has 0 aliphatic carbocycles. The van der Waals surface area contributed by atoms with E-state index in [1.165, 1.54) is 6.07 Å². The Labute approximate surface area is 97.4 Å². The van der Waals surface area contributed by atoms with Crippen LogP contribution in [0.1, 0.15) is 0 Å². The summed E-state index contributed by atoms with van der Waals surface area (Å²) in [6.45, 7) is 0. The van der Waals surface area contributed by atoms with E-state index in [-0.39, 0.29) is 10.7 Å². The smallest absolute Gasteiger partial charge is 0.258 e. The highest BCUT2D eigenvalue weighted by Crippen LogP contribution is 2.34. The van der Waals surface area contributed by atoms with E-state index < -0.39 is 4.92 Å². The van der Waals surface area contributed by atoms with Crippen molar-refractivity contribution in [1.82, 2.24) is 0 Å². The predicted octanol–water partition coefficient (Wildman–Crippen LogP) is 3.72. The molecule has 2 rings (SSSR count). The fourth-order valence-corrected chi connectivity index (χ4v) is 1.69. The topological polar surface area (TPSA) is 43.1 Å². The SMILES string of the molecule is O=[N+]([O-])c1c(-c2ccccc2)[c]ccc1Cl. The van der Waals surface area contributed by atoms with Crippen LogP contribution in [0.4, 0.5) is 5.69 Å². The summed E-state index contributed by atoms with van der Waals surface area (Å²) in [4.78, 5) is 10.4. The Balaban J connectivity index is 2.66. The maximum atomic E-state index is 10.9. The Morgan fingerprint density at radius 1 is 1.19 bits per heavy atom. The quantitative estimate of drug-likeness (QED) is 0.585. The third-order valence-corrected chi connectivity index (χ3v) is 2.47. The highest BCUT2D eigenvalue weighted by atomic mass is 35.5. The number of nitro benzene ring substituents is 1. The molecule has 0 aromatic heterocycles. The summed E-state index contributed by atoms with van der Waals surface area (Å²) in [7, 11) is 0. The van der Waals surface area contributed by atoms with Gasteiger partial charge in [0, 0.05) is 0 Å². The van der Waals surface area contributed by atoms with Crippen LogP contribution in [0, 0.1) is 16.2 Å². The molecule has 2 aromatic carbocycles. The summed E-state index contributed by atoms with van der Waals surface area (Å²) >= 11 is 5.81. The maximum Gasteiger partial charge on any atom is 0.296 e. The zero-order valence-electron chi connectivity index (χ0n) is 8.18. The fraction of sp³-hybridized carbons (Fsp3) is 0. The second-order valence-electron chi connectivity index (χ2n) is 3.17. The highest BCUT2D eigenvalue weighted by Gasteiger charge is 2.19. The molecule has 0 unspecified atom stereocenters. The lowest BCUT2D eigenvalue weighted by atomic mass is 10.0. The Hall–Kier alpha value is -1.87. The first-order valence-corrected chi connectivity index (χ1v) is 4.98. The van der Waals surface area contributed by atoms with Crippen molar-refractivity contribution in [2.45, 2.75) is 0 Å². The average molecular weight is 233 g/mol. The molecule has 0 aliphatic rings. The van der Waals surface area contributed by atoms with Gasteiger partial charge in [-0.3, -0.25) is 10.1 Å². The van der Waals surface area contributed by atoms with Gasteiger partial charge < -0.3 is 0 Å². The first kappa shape index (κ1) is 10.6. The molecule has 0 amide bonds. The van der Waals surface area contributed by atoms with Gasteiger partial charge in [0.1, 0.15) is 5.02 Å². The van der Waals surface area contributed by atoms with Crippen molar-refractivity contribution in [2.75, 3.05) is 0 Å². The Bertz CT molecular complexity index is 526. The second kappa shape index (κ2) is 4.33. The molecule has 0 atom stereocenters. The van der Waals surface area contributed by atoms with E-state index in [0.29, 0.717) is 5.56 Å². The molecule has 0 fully saturated rings.